The second-order valence-corrected chi connectivity index (χ2v) is 5.43. The molecule has 1 aliphatic rings. The Bertz CT molecular complexity index is 619. The standard InChI is InChI=1S/C16H20N4/c1-11-5-3-4-6-12(11)16-18-14-7-8-20(2)10-13(14)15(9-17)19-16/h3-6H,7-10,17H2,1-2H3. The molecule has 20 heavy (non-hydrogen) atoms. The van der Waals surface area contributed by atoms with Crippen LogP contribution >= 0.6 is 0 Å². The molecule has 104 valence electrons. The van der Waals surface area contributed by atoms with E-state index in [1.807, 2.05) is 12.1 Å². The van der Waals surface area contributed by atoms with Gasteiger partial charge < -0.3 is 10.6 Å². The van der Waals surface area contributed by atoms with Gasteiger partial charge in [-0.1, -0.05) is 24.3 Å². The molecule has 0 bridgehead atoms. The molecule has 1 aromatic carbocycles. The van der Waals surface area contributed by atoms with Crippen molar-refractivity contribution in [1.82, 2.24) is 14.9 Å². The highest BCUT2D eigenvalue weighted by Gasteiger charge is 2.20. The number of hydrogen-bond acceptors (Lipinski definition) is 4. The molecule has 1 aliphatic heterocycles. The maximum absolute atomic E-state index is 5.90. The zero-order chi connectivity index (χ0) is 14.1. The van der Waals surface area contributed by atoms with E-state index in [9.17, 15) is 0 Å². The number of hydrogen-bond donors (Lipinski definition) is 1. The molecule has 0 unspecified atom stereocenters. The van der Waals surface area contributed by atoms with E-state index >= 15 is 0 Å². The Balaban J connectivity index is 2.13. The second kappa shape index (κ2) is 5.31. The molecule has 0 saturated heterocycles. The highest BCUT2D eigenvalue weighted by Crippen LogP contribution is 2.25. The Kier molecular flexibility index (Phi) is 3.51. The predicted octanol–water partition coefficient (Wildman–Crippen LogP) is 1.90. The average molecular weight is 268 g/mol. The van der Waals surface area contributed by atoms with E-state index in [1.165, 1.54) is 11.1 Å². The summed E-state index contributed by atoms with van der Waals surface area (Å²) in [6, 6.07) is 8.23. The summed E-state index contributed by atoms with van der Waals surface area (Å²) in [6.45, 7) is 4.50. The van der Waals surface area contributed by atoms with Crippen molar-refractivity contribution in [3.63, 3.8) is 0 Å². The molecule has 0 atom stereocenters. The molecule has 2 N–H and O–H groups in total. The first kappa shape index (κ1) is 13.2. The van der Waals surface area contributed by atoms with Gasteiger partial charge >= 0.3 is 0 Å². The predicted molar refractivity (Wildman–Crippen MR) is 80.1 cm³/mol. The van der Waals surface area contributed by atoms with Gasteiger partial charge in [0.25, 0.3) is 0 Å². The summed E-state index contributed by atoms with van der Waals surface area (Å²) in [6.07, 6.45) is 0.972. The van der Waals surface area contributed by atoms with E-state index in [0.717, 1.165) is 42.3 Å². The number of nitrogens with zero attached hydrogens (tertiary/aromatic N) is 3. The fraction of sp³-hybridized carbons (Fsp3) is 0.375. The maximum atomic E-state index is 5.90. The smallest absolute Gasteiger partial charge is 0.159 e. The Labute approximate surface area is 119 Å². The Morgan fingerprint density at radius 3 is 2.80 bits per heavy atom. The van der Waals surface area contributed by atoms with Gasteiger partial charge in [-0.3, -0.25) is 0 Å². The van der Waals surface area contributed by atoms with Crippen LogP contribution in [0.15, 0.2) is 24.3 Å². The van der Waals surface area contributed by atoms with Gasteiger partial charge in [0.05, 0.1) is 11.4 Å². The van der Waals surface area contributed by atoms with Crippen LogP contribution in [0.4, 0.5) is 0 Å². The van der Waals surface area contributed by atoms with Crippen LogP contribution in [-0.2, 0) is 19.5 Å². The quantitative estimate of drug-likeness (QED) is 0.904. The average Bonchev–Trinajstić information content (AvgIpc) is 2.46. The van der Waals surface area contributed by atoms with Crippen LogP contribution in [-0.4, -0.2) is 28.5 Å². The van der Waals surface area contributed by atoms with Crippen LogP contribution < -0.4 is 5.73 Å². The van der Waals surface area contributed by atoms with Gasteiger partial charge in [-0.15, -0.1) is 0 Å². The first-order valence-electron chi connectivity index (χ1n) is 7.02. The summed E-state index contributed by atoms with van der Waals surface area (Å²) in [5.41, 5.74) is 11.6. The van der Waals surface area contributed by atoms with Crippen molar-refractivity contribution in [2.75, 3.05) is 13.6 Å². The molecule has 0 amide bonds. The monoisotopic (exact) mass is 268 g/mol. The summed E-state index contributed by atoms with van der Waals surface area (Å²) in [4.78, 5) is 11.8. The topological polar surface area (TPSA) is 55.0 Å². The van der Waals surface area contributed by atoms with Crippen molar-refractivity contribution in [3.8, 4) is 11.4 Å². The molecule has 0 fully saturated rings. The zero-order valence-corrected chi connectivity index (χ0v) is 12.1. The van der Waals surface area contributed by atoms with Crippen LogP contribution in [0.2, 0.25) is 0 Å². The van der Waals surface area contributed by atoms with Crippen LogP contribution in [0.3, 0.4) is 0 Å². The number of nitrogens with two attached hydrogens (primary N) is 1. The highest BCUT2D eigenvalue weighted by atomic mass is 15.1. The van der Waals surface area contributed by atoms with Crippen LogP contribution in [0, 0.1) is 6.92 Å². The Morgan fingerprint density at radius 1 is 1.25 bits per heavy atom. The van der Waals surface area contributed by atoms with Crippen LogP contribution in [0.5, 0.6) is 0 Å². The molecule has 4 nitrogen and oxygen atoms in total. The fourth-order valence-corrected chi connectivity index (χ4v) is 2.73. The SMILES string of the molecule is Cc1ccccc1-c1nc(CN)c2c(n1)CCN(C)C2. The molecule has 2 aromatic rings. The van der Waals surface area contributed by atoms with Crippen molar-refractivity contribution in [3.05, 3.63) is 46.8 Å². The lowest BCUT2D eigenvalue weighted by Crippen LogP contribution is -2.29. The van der Waals surface area contributed by atoms with Crippen molar-refractivity contribution in [2.45, 2.75) is 26.4 Å². The largest absolute Gasteiger partial charge is 0.325 e. The molecule has 1 aromatic heterocycles. The lowest BCUT2D eigenvalue weighted by atomic mass is 10.0. The fourth-order valence-electron chi connectivity index (χ4n) is 2.73. The minimum atomic E-state index is 0.470. The summed E-state index contributed by atoms with van der Waals surface area (Å²) in [5.74, 6) is 0.812. The van der Waals surface area contributed by atoms with E-state index in [4.69, 9.17) is 15.7 Å². The number of rotatable bonds is 2. The first-order valence-corrected chi connectivity index (χ1v) is 7.02. The molecule has 0 aliphatic carbocycles. The van der Waals surface area contributed by atoms with Crippen molar-refractivity contribution < 1.29 is 0 Å². The Hall–Kier alpha value is -1.78. The van der Waals surface area contributed by atoms with Gasteiger partial charge in [0.1, 0.15) is 0 Å². The molecule has 0 spiro atoms. The lowest BCUT2D eigenvalue weighted by Gasteiger charge is -2.26. The molecular formula is C16H20N4. The minimum Gasteiger partial charge on any atom is -0.325 e. The normalized spacial score (nSPS) is 15.2. The number of aromatic nitrogens is 2. The van der Waals surface area contributed by atoms with Gasteiger partial charge in [-0.05, 0) is 19.5 Å². The molecule has 3 rings (SSSR count). The zero-order valence-electron chi connectivity index (χ0n) is 12.1. The molecular weight excluding hydrogens is 248 g/mol. The van der Waals surface area contributed by atoms with Crippen molar-refractivity contribution in [2.24, 2.45) is 5.73 Å². The second-order valence-electron chi connectivity index (χ2n) is 5.43. The Morgan fingerprint density at radius 2 is 2.05 bits per heavy atom. The summed E-state index contributed by atoms with van der Waals surface area (Å²) in [5, 5.41) is 0. The number of fused-ring (bicyclic) bond motifs is 1. The number of aryl methyl sites for hydroxylation is 1. The van der Waals surface area contributed by atoms with E-state index in [0.29, 0.717) is 6.54 Å². The summed E-state index contributed by atoms with van der Waals surface area (Å²) < 4.78 is 0. The molecule has 0 radical (unpaired) electrons. The highest BCUT2D eigenvalue weighted by molar-refractivity contribution is 5.60. The first-order chi connectivity index (χ1) is 9.69. The van der Waals surface area contributed by atoms with Crippen LogP contribution in [0.25, 0.3) is 11.4 Å². The summed E-state index contributed by atoms with van der Waals surface area (Å²) >= 11 is 0. The van der Waals surface area contributed by atoms with E-state index in [1.54, 1.807) is 0 Å². The van der Waals surface area contributed by atoms with Gasteiger partial charge in [0.15, 0.2) is 5.82 Å². The third kappa shape index (κ3) is 2.32. The van der Waals surface area contributed by atoms with Gasteiger partial charge in [0, 0.05) is 37.2 Å². The molecule has 2 heterocycles. The molecule has 4 heteroatoms. The van der Waals surface area contributed by atoms with Gasteiger partial charge in [-0.2, -0.15) is 0 Å². The number of likely N-dealkylation sites (N-methyl/N-ethyl adjacent to an activating group) is 1. The third-order valence-electron chi connectivity index (χ3n) is 3.92. The third-order valence-corrected chi connectivity index (χ3v) is 3.92. The van der Waals surface area contributed by atoms with E-state index in [-0.39, 0.29) is 0 Å². The van der Waals surface area contributed by atoms with Gasteiger partial charge in [-0.25, -0.2) is 9.97 Å². The lowest BCUT2D eigenvalue weighted by molar-refractivity contribution is 0.307. The van der Waals surface area contributed by atoms with Crippen molar-refractivity contribution in [1.29, 1.82) is 0 Å². The maximum Gasteiger partial charge on any atom is 0.159 e. The van der Waals surface area contributed by atoms with Gasteiger partial charge in [0.2, 0.25) is 0 Å². The van der Waals surface area contributed by atoms with Crippen molar-refractivity contribution >= 4 is 0 Å². The number of benzene rings is 1. The van der Waals surface area contributed by atoms with Crippen LogP contribution in [0.1, 0.15) is 22.5 Å². The summed E-state index contributed by atoms with van der Waals surface area (Å²) in [7, 11) is 2.12. The van der Waals surface area contributed by atoms with E-state index < -0.39 is 0 Å². The molecule has 0 saturated carbocycles. The minimum absolute atomic E-state index is 0.470. The van der Waals surface area contributed by atoms with E-state index in [2.05, 4.69) is 31.0 Å².